The number of nitrogens with zero attached hydrogens (tertiary/aromatic N) is 4. The van der Waals surface area contributed by atoms with Crippen LogP contribution in [0.3, 0.4) is 0 Å². The van der Waals surface area contributed by atoms with E-state index in [-0.39, 0.29) is 18.0 Å². The fourth-order valence-electron chi connectivity index (χ4n) is 3.41. The zero-order valence-electron chi connectivity index (χ0n) is 14.9. The Morgan fingerprint density at radius 1 is 1.21 bits per heavy atom. The molecular weight excluding hydrogens is 308 g/mol. The Kier molecular flexibility index (Phi) is 4.27. The predicted molar refractivity (Wildman–Crippen MR) is 88.8 cm³/mol. The van der Waals surface area contributed by atoms with Crippen molar-refractivity contribution in [2.45, 2.75) is 58.7 Å². The minimum Gasteiger partial charge on any atom is -0.444 e. The first-order chi connectivity index (χ1) is 11.3. The van der Waals surface area contributed by atoms with Gasteiger partial charge in [-0.3, -0.25) is 4.79 Å². The summed E-state index contributed by atoms with van der Waals surface area (Å²) in [6.07, 6.45) is 2.98. The van der Waals surface area contributed by atoms with E-state index in [0.717, 1.165) is 25.2 Å². The van der Waals surface area contributed by atoms with Gasteiger partial charge in [-0.05, 0) is 40.5 Å². The van der Waals surface area contributed by atoms with Crippen molar-refractivity contribution >= 4 is 12.0 Å². The molecule has 1 saturated heterocycles. The highest BCUT2D eigenvalue weighted by atomic mass is 16.6. The molecule has 7 heteroatoms. The number of hydrogen-bond donors (Lipinski definition) is 0. The summed E-state index contributed by atoms with van der Waals surface area (Å²) in [5.41, 5.74) is 0.195. The average Bonchev–Trinajstić information content (AvgIpc) is 2.89. The van der Waals surface area contributed by atoms with Gasteiger partial charge in [0.05, 0.1) is 6.20 Å². The van der Waals surface area contributed by atoms with E-state index >= 15 is 0 Å². The molecule has 0 aromatic carbocycles. The highest BCUT2D eigenvalue weighted by Crippen LogP contribution is 2.23. The van der Waals surface area contributed by atoms with Crippen LogP contribution in [0.1, 0.15) is 49.9 Å². The van der Waals surface area contributed by atoms with Gasteiger partial charge in [-0.25, -0.2) is 9.78 Å². The van der Waals surface area contributed by atoms with Crippen LogP contribution in [0.2, 0.25) is 0 Å². The monoisotopic (exact) mass is 334 g/mol. The van der Waals surface area contributed by atoms with Gasteiger partial charge in [0.25, 0.3) is 5.91 Å². The molecule has 0 radical (unpaired) electrons. The third-order valence-corrected chi connectivity index (χ3v) is 4.66. The summed E-state index contributed by atoms with van der Waals surface area (Å²) in [6.45, 7) is 10.3. The molecule has 0 saturated carbocycles. The molecule has 2 aliphatic heterocycles. The van der Waals surface area contributed by atoms with Crippen molar-refractivity contribution in [3.63, 3.8) is 0 Å². The van der Waals surface area contributed by atoms with Crippen molar-refractivity contribution in [2.24, 2.45) is 0 Å². The third-order valence-electron chi connectivity index (χ3n) is 4.66. The van der Waals surface area contributed by atoms with Crippen molar-refractivity contribution in [1.29, 1.82) is 0 Å². The van der Waals surface area contributed by atoms with E-state index in [1.807, 2.05) is 37.2 Å². The van der Waals surface area contributed by atoms with E-state index in [1.54, 1.807) is 11.1 Å². The number of carbonyl (C=O) groups is 2. The molecule has 1 aromatic rings. The SMILES string of the molecule is Cc1ncc2n1CCN(C1CCN(C(=O)OC(C)(C)C)CC1)C2=O. The van der Waals surface area contributed by atoms with Crippen LogP contribution in [0.15, 0.2) is 6.20 Å². The molecule has 7 nitrogen and oxygen atoms in total. The highest BCUT2D eigenvalue weighted by Gasteiger charge is 2.34. The fourth-order valence-corrected chi connectivity index (χ4v) is 3.41. The first kappa shape index (κ1) is 16.8. The fraction of sp³-hybridized carbons (Fsp3) is 0.706. The molecule has 3 rings (SSSR count). The first-order valence-corrected chi connectivity index (χ1v) is 8.57. The maximum absolute atomic E-state index is 12.7. The van der Waals surface area contributed by atoms with Crippen LogP contribution in [-0.2, 0) is 11.3 Å². The summed E-state index contributed by atoms with van der Waals surface area (Å²) < 4.78 is 7.40. The Balaban J connectivity index is 1.60. The summed E-state index contributed by atoms with van der Waals surface area (Å²) in [5, 5.41) is 0. The van der Waals surface area contributed by atoms with Gasteiger partial charge < -0.3 is 19.1 Å². The number of rotatable bonds is 1. The zero-order chi connectivity index (χ0) is 17.5. The molecule has 2 amide bonds. The van der Waals surface area contributed by atoms with Gasteiger partial charge >= 0.3 is 6.09 Å². The van der Waals surface area contributed by atoms with Crippen molar-refractivity contribution < 1.29 is 14.3 Å². The van der Waals surface area contributed by atoms with E-state index < -0.39 is 5.60 Å². The smallest absolute Gasteiger partial charge is 0.410 e. The number of aryl methyl sites for hydroxylation is 1. The van der Waals surface area contributed by atoms with E-state index in [4.69, 9.17) is 4.74 Å². The van der Waals surface area contributed by atoms with Crippen molar-refractivity contribution in [3.05, 3.63) is 17.7 Å². The third kappa shape index (κ3) is 3.25. The molecule has 0 unspecified atom stereocenters. The van der Waals surface area contributed by atoms with Gasteiger partial charge in [0.2, 0.25) is 0 Å². The Hall–Kier alpha value is -2.05. The highest BCUT2D eigenvalue weighted by molar-refractivity contribution is 5.93. The van der Waals surface area contributed by atoms with Crippen LogP contribution in [0.5, 0.6) is 0 Å². The minimum absolute atomic E-state index is 0.0533. The van der Waals surface area contributed by atoms with Crippen molar-refractivity contribution in [2.75, 3.05) is 19.6 Å². The number of piperidine rings is 1. The zero-order valence-corrected chi connectivity index (χ0v) is 14.9. The second-order valence-corrected chi connectivity index (χ2v) is 7.54. The van der Waals surface area contributed by atoms with Crippen LogP contribution in [0.4, 0.5) is 4.79 Å². The Bertz CT molecular complexity index is 639. The quantitative estimate of drug-likeness (QED) is 0.788. The van der Waals surface area contributed by atoms with Gasteiger partial charge in [-0.15, -0.1) is 0 Å². The molecule has 0 bridgehead atoms. The molecule has 0 aliphatic carbocycles. The number of amides is 2. The second kappa shape index (κ2) is 6.11. The molecule has 132 valence electrons. The molecule has 0 N–H and O–H groups in total. The lowest BCUT2D eigenvalue weighted by Gasteiger charge is -2.40. The van der Waals surface area contributed by atoms with Crippen LogP contribution in [0.25, 0.3) is 0 Å². The van der Waals surface area contributed by atoms with E-state index in [2.05, 4.69) is 4.98 Å². The number of hydrogen-bond acceptors (Lipinski definition) is 4. The number of aromatic nitrogens is 2. The van der Waals surface area contributed by atoms with Gasteiger partial charge in [-0.1, -0.05) is 0 Å². The van der Waals surface area contributed by atoms with E-state index in [9.17, 15) is 9.59 Å². The normalized spacial score (nSPS) is 19.4. The lowest BCUT2D eigenvalue weighted by Crippen LogP contribution is -2.52. The Morgan fingerprint density at radius 2 is 1.88 bits per heavy atom. The summed E-state index contributed by atoms with van der Waals surface area (Å²) in [5.74, 6) is 0.940. The van der Waals surface area contributed by atoms with Gasteiger partial charge in [0.15, 0.2) is 0 Å². The largest absolute Gasteiger partial charge is 0.444 e. The van der Waals surface area contributed by atoms with Gasteiger partial charge in [0, 0.05) is 32.2 Å². The summed E-state index contributed by atoms with van der Waals surface area (Å²) in [6, 6.07) is 0.181. The Labute approximate surface area is 142 Å². The molecule has 24 heavy (non-hydrogen) atoms. The lowest BCUT2D eigenvalue weighted by molar-refractivity contribution is 0.0137. The molecule has 1 aromatic heterocycles. The number of imidazole rings is 1. The average molecular weight is 334 g/mol. The van der Waals surface area contributed by atoms with E-state index in [0.29, 0.717) is 25.3 Å². The van der Waals surface area contributed by atoms with E-state index in [1.165, 1.54) is 0 Å². The molecule has 0 atom stereocenters. The molecule has 1 fully saturated rings. The summed E-state index contributed by atoms with van der Waals surface area (Å²) in [7, 11) is 0. The number of ether oxygens (including phenoxy) is 1. The predicted octanol–water partition coefficient (Wildman–Crippen LogP) is 2.05. The Morgan fingerprint density at radius 3 is 2.50 bits per heavy atom. The molecule has 2 aliphatic rings. The standard InChI is InChI=1S/C17H26N4O3/c1-12-18-11-14-15(22)21(10-9-20(12)14)13-5-7-19(8-6-13)16(23)24-17(2,3)4/h11,13H,5-10H2,1-4H3. The van der Waals surface area contributed by atoms with Crippen LogP contribution in [0, 0.1) is 6.92 Å². The minimum atomic E-state index is -0.479. The van der Waals surface area contributed by atoms with Crippen LogP contribution >= 0.6 is 0 Å². The molecular formula is C17H26N4O3. The number of likely N-dealkylation sites (tertiary alicyclic amines) is 1. The topological polar surface area (TPSA) is 67.7 Å². The van der Waals surface area contributed by atoms with Crippen LogP contribution < -0.4 is 0 Å². The second-order valence-electron chi connectivity index (χ2n) is 7.54. The van der Waals surface area contributed by atoms with Crippen LogP contribution in [-0.4, -0.2) is 62.6 Å². The molecule has 3 heterocycles. The van der Waals surface area contributed by atoms with Crippen molar-refractivity contribution in [3.8, 4) is 0 Å². The summed E-state index contributed by atoms with van der Waals surface area (Å²) >= 11 is 0. The molecule has 0 spiro atoms. The number of fused-ring (bicyclic) bond motifs is 1. The van der Waals surface area contributed by atoms with Gasteiger partial charge in [0.1, 0.15) is 17.1 Å². The maximum atomic E-state index is 12.7. The first-order valence-electron chi connectivity index (χ1n) is 8.57. The van der Waals surface area contributed by atoms with Gasteiger partial charge in [-0.2, -0.15) is 0 Å². The maximum Gasteiger partial charge on any atom is 0.410 e. The number of carbonyl (C=O) groups excluding carboxylic acids is 2. The van der Waals surface area contributed by atoms with Crippen molar-refractivity contribution in [1.82, 2.24) is 19.4 Å². The summed E-state index contributed by atoms with van der Waals surface area (Å²) in [4.78, 5) is 32.8. The lowest BCUT2D eigenvalue weighted by atomic mass is 10.0.